The minimum Gasteiger partial charge on any atom is -0.322 e. The van der Waals surface area contributed by atoms with E-state index >= 15 is 0 Å². The maximum absolute atomic E-state index is 12.0. The van der Waals surface area contributed by atoms with Gasteiger partial charge in [-0.3, -0.25) is 4.79 Å². The highest BCUT2D eigenvalue weighted by molar-refractivity contribution is 7.89. The molecule has 0 spiro atoms. The summed E-state index contributed by atoms with van der Waals surface area (Å²) in [6.45, 7) is 3.51. The lowest BCUT2D eigenvalue weighted by Gasteiger charge is -2.10. The second-order valence-electron chi connectivity index (χ2n) is 4.77. The standard InChI is InChI=1S/C14H16N2O3S2/c1-10(2)16-21(18,19)13-5-3-12(4-6-13)15-14(17)11-7-8-20-9-11/h3-10,16H,1-2H3,(H,15,17). The monoisotopic (exact) mass is 324 g/mol. The number of nitrogens with one attached hydrogen (secondary N) is 2. The van der Waals surface area contributed by atoms with Crippen LogP contribution in [0.5, 0.6) is 0 Å². The Hall–Kier alpha value is -1.70. The van der Waals surface area contributed by atoms with Crippen molar-refractivity contribution in [2.45, 2.75) is 24.8 Å². The molecule has 0 radical (unpaired) electrons. The van der Waals surface area contributed by atoms with Gasteiger partial charge in [0.1, 0.15) is 0 Å². The van der Waals surface area contributed by atoms with Crippen molar-refractivity contribution < 1.29 is 13.2 Å². The lowest BCUT2D eigenvalue weighted by atomic mass is 10.3. The van der Waals surface area contributed by atoms with Crippen molar-refractivity contribution in [1.29, 1.82) is 0 Å². The molecule has 0 aliphatic rings. The Bertz CT molecular complexity index is 705. The Kier molecular flexibility index (Phi) is 4.76. The summed E-state index contributed by atoms with van der Waals surface area (Å²) in [7, 11) is -3.51. The minimum atomic E-state index is -3.51. The van der Waals surface area contributed by atoms with E-state index in [1.54, 1.807) is 37.4 Å². The Morgan fingerprint density at radius 2 is 1.81 bits per heavy atom. The molecular weight excluding hydrogens is 308 g/mol. The second-order valence-corrected chi connectivity index (χ2v) is 7.26. The molecule has 21 heavy (non-hydrogen) atoms. The third kappa shape index (κ3) is 4.13. The van der Waals surface area contributed by atoms with E-state index in [0.29, 0.717) is 11.3 Å². The Balaban J connectivity index is 2.11. The first-order valence-electron chi connectivity index (χ1n) is 6.34. The summed E-state index contributed by atoms with van der Waals surface area (Å²) >= 11 is 1.44. The SMILES string of the molecule is CC(C)NS(=O)(=O)c1ccc(NC(=O)c2ccsc2)cc1. The van der Waals surface area contributed by atoms with Crippen LogP contribution >= 0.6 is 11.3 Å². The molecule has 5 nitrogen and oxygen atoms in total. The van der Waals surface area contributed by atoms with Crippen LogP contribution in [0.3, 0.4) is 0 Å². The molecule has 0 aliphatic heterocycles. The van der Waals surface area contributed by atoms with Crippen molar-refractivity contribution in [2.24, 2.45) is 0 Å². The maximum Gasteiger partial charge on any atom is 0.256 e. The highest BCUT2D eigenvalue weighted by Crippen LogP contribution is 2.16. The van der Waals surface area contributed by atoms with Crippen LogP contribution in [0, 0.1) is 0 Å². The highest BCUT2D eigenvalue weighted by Gasteiger charge is 2.15. The Morgan fingerprint density at radius 1 is 1.14 bits per heavy atom. The van der Waals surface area contributed by atoms with Crippen LogP contribution in [-0.4, -0.2) is 20.4 Å². The van der Waals surface area contributed by atoms with Gasteiger partial charge in [0, 0.05) is 17.1 Å². The molecule has 1 aromatic heterocycles. The average Bonchev–Trinajstić information content (AvgIpc) is 2.91. The van der Waals surface area contributed by atoms with Crippen molar-refractivity contribution in [3.63, 3.8) is 0 Å². The molecule has 0 atom stereocenters. The van der Waals surface area contributed by atoms with E-state index in [2.05, 4.69) is 10.0 Å². The van der Waals surface area contributed by atoms with Crippen LogP contribution in [0.1, 0.15) is 24.2 Å². The number of thiophene rings is 1. The average molecular weight is 324 g/mol. The fourth-order valence-electron chi connectivity index (χ4n) is 1.69. The fourth-order valence-corrected chi connectivity index (χ4v) is 3.58. The first-order chi connectivity index (χ1) is 9.88. The third-order valence-corrected chi connectivity index (χ3v) is 4.95. The summed E-state index contributed by atoms with van der Waals surface area (Å²) in [5.41, 5.74) is 1.13. The van der Waals surface area contributed by atoms with Gasteiger partial charge >= 0.3 is 0 Å². The summed E-state index contributed by atoms with van der Waals surface area (Å²) in [5.74, 6) is -0.216. The zero-order valence-electron chi connectivity index (χ0n) is 11.7. The molecule has 0 saturated heterocycles. The molecule has 7 heteroatoms. The normalized spacial score (nSPS) is 11.6. The van der Waals surface area contributed by atoms with Crippen LogP contribution in [0.2, 0.25) is 0 Å². The van der Waals surface area contributed by atoms with E-state index in [0.717, 1.165) is 0 Å². The van der Waals surface area contributed by atoms with Crippen LogP contribution in [0.4, 0.5) is 5.69 Å². The zero-order chi connectivity index (χ0) is 15.5. The Morgan fingerprint density at radius 3 is 2.33 bits per heavy atom. The van der Waals surface area contributed by atoms with Gasteiger partial charge in [0.25, 0.3) is 5.91 Å². The van der Waals surface area contributed by atoms with Gasteiger partial charge in [-0.15, -0.1) is 0 Å². The van der Waals surface area contributed by atoms with Crippen molar-refractivity contribution in [2.75, 3.05) is 5.32 Å². The lowest BCUT2D eigenvalue weighted by molar-refractivity contribution is 0.102. The van der Waals surface area contributed by atoms with Crippen LogP contribution < -0.4 is 10.0 Å². The molecule has 112 valence electrons. The van der Waals surface area contributed by atoms with Gasteiger partial charge < -0.3 is 5.32 Å². The van der Waals surface area contributed by atoms with E-state index < -0.39 is 10.0 Å². The molecule has 1 heterocycles. The largest absolute Gasteiger partial charge is 0.322 e. The number of benzene rings is 1. The maximum atomic E-state index is 12.0. The smallest absolute Gasteiger partial charge is 0.256 e. The van der Waals surface area contributed by atoms with Gasteiger partial charge in [-0.25, -0.2) is 13.1 Å². The molecule has 0 saturated carbocycles. The summed E-state index contributed by atoms with van der Waals surface area (Å²) in [6, 6.07) is 7.62. The molecule has 0 bridgehead atoms. The van der Waals surface area contributed by atoms with E-state index in [4.69, 9.17) is 0 Å². The van der Waals surface area contributed by atoms with Gasteiger partial charge in [0.15, 0.2) is 0 Å². The summed E-state index contributed by atoms with van der Waals surface area (Å²) < 4.78 is 26.4. The minimum absolute atomic E-state index is 0.171. The molecule has 0 aliphatic carbocycles. The number of hydrogen-bond donors (Lipinski definition) is 2. The van der Waals surface area contributed by atoms with E-state index in [9.17, 15) is 13.2 Å². The number of carbonyl (C=O) groups is 1. The molecule has 2 rings (SSSR count). The van der Waals surface area contributed by atoms with Crippen LogP contribution in [-0.2, 0) is 10.0 Å². The van der Waals surface area contributed by atoms with Crippen molar-refractivity contribution in [1.82, 2.24) is 4.72 Å². The van der Waals surface area contributed by atoms with Gasteiger partial charge in [-0.2, -0.15) is 11.3 Å². The molecule has 0 unspecified atom stereocenters. The van der Waals surface area contributed by atoms with Crippen LogP contribution in [0.15, 0.2) is 46.0 Å². The fraction of sp³-hybridized carbons (Fsp3) is 0.214. The lowest BCUT2D eigenvalue weighted by Crippen LogP contribution is -2.30. The first kappa shape index (κ1) is 15.7. The molecule has 2 N–H and O–H groups in total. The summed E-state index contributed by atoms with van der Waals surface area (Å²) in [6.07, 6.45) is 0. The van der Waals surface area contributed by atoms with E-state index in [-0.39, 0.29) is 16.8 Å². The highest BCUT2D eigenvalue weighted by atomic mass is 32.2. The van der Waals surface area contributed by atoms with Crippen molar-refractivity contribution in [3.8, 4) is 0 Å². The summed E-state index contributed by atoms with van der Waals surface area (Å²) in [4.78, 5) is 12.0. The van der Waals surface area contributed by atoms with Gasteiger partial charge in [0.05, 0.1) is 10.5 Å². The molecule has 0 fully saturated rings. The number of anilines is 1. The van der Waals surface area contributed by atoms with Crippen LogP contribution in [0.25, 0.3) is 0 Å². The topological polar surface area (TPSA) is 75.3 Å². The number of rotatable bonds is 5. The summed E-state index contributed by atoms with van der Waals surface area (Å²) in [5, 5.41) is 6.29. The van der Waals surface area contributed by atoms with Gasteiger partial charge in [-0.1, -0.05) is 0 Å². The molecular formula is C14H16N2O3S2. The van der Waals surface area contributed by atoms with Gasteiger partial charge in [0.2, 0.25) is 10.0 Å². The van der Waals surface area contributed by atoms with Crippen molar-refractivity contribution >= 4 is 33.0 Å². The number of sulfonamides is 1. The van der Waals surface area contributed by atoms with E-state index in [1.807, 2.05) is 5.38 Å². The molecule has 2 aromatic rings. The first-order valence-corrected chi connectivity index (χ1v) is 8.77. The van der Waals surface area contributed by atoms with Crippen molar-refractivity contribution in [3.05, 3.63) is 46.7 Å². The number of amides is 1. The predicted molar refractivity (Wildman–Crippen MR) is 84.2 cm³/mol. The Labute approximate surface area is 128 Å². The predicted octanol–water partition coefficient (Wildman–Crippen LogP) is 2.69. The molecule has 1 aromatic carbocycles. The van der Waals surface area contributed by atoms with Gasteiger partial charge in [-0.05, 0) is 49.6 Å². The van der Waals surface area contributed by atoms with E-state index in [1.165, 1.54) is 23.5 Å². The number of carbonyl (C=O) groups excluding carboxylic acids is 1. The molecule has 1 amide bonds. The number of hydrogen-bond acceptors (Lipinski definition) is 4. The zero-order valence-corrected chi connectivity index (χ0v) is 13.3. The third-order valence-electron chi connectivity index (χ3n) is 2.60. The second kappa shape index (κ2) is 6.38. The quantitative estimate of drug-likeness (QED) is 0.888.